The second kappa shape index (κ2) is 6.26. The monoisotopic (exact) mass is 290 g/mol. The summed E-state index contributed by atoms with van der Waals surface area (Å²) >= 11 is 0. The lowest BCUT2D eigenvalue weighted by molar-refractivity contribution is 0.915. The van der Waals surface area contributed by atoms with E-state index in [1.807, 2.05) is 62.9 Å². The third kappa shape index (κ3) is 3.23. The zero-order valence-electron chi connectivity index (χ0n) is 12.7. The van der Waals surface area contributed by atoms with Crippen molar-refractivity contribution in [1.29, 1.82) is 0 Å². The molecule has 0 aliphatic rings. The molecule has 0 unspecified atom stereocenters. The van der Waals surface area contributed by atoms with Gasteiger partial charge in [0.25, 0.3) is 0 Å². The van der Waals surface area contributed by atoms with Crippen LogP contribution in [0.25, 0.3) is 24.3 Å². The second-order valence-electron chi connectivity index (χ2n) is 5.12. The molecule has 0 aliphatic heterocycles. The van der Waals surface area contributed by atoms with Gasteiger partial charge in [0.2, 0.25) is 0 Å². The van der Waals surface area contributed by atoms with Crippen LogP contribution in [0.2, 0.25) is 0 Å². The fourth-order valence-electron chi connectivity index (χ4n) is 2.19. The largest absolute Gasteiger partial charge is 0.351 e. The molecule has 22 heavy (non-hydrogen) atoms. The molecule has 0 saturated carbocycles. The van der Waals surface area contributed by atoms with Crippen molar-refractivity contribution in [2.75, 3.05) is 0 Å². The molecule has 0 aromatic carbocycles. The van der Waals surface area contributed by atoms with Gasteiger partial charge in [-0.15, -0.1) is 0 Å². The Morgan fingerprint density at radius 1 is 0.773 bits per heavy atom. The molecule has 3 heterocycles. The number of aryl methyl sites for hydroxylation is 2. The van der Waals surface area contributed by atoms with Crippen LogP contribution in [0.3, 0.4) is 0 Å². The van der Waals surface area contributed by atoms with E-state index in [0.717, 1.165) is 22.8 Å². The molecular formula is C18H18N4. The van der Waals surface area contributed by atoms with Crippen molar-refractivity contribution in [2.45, 2.75) is 0 Å². The van der Waals surface area contributed by atoms with Crippen LogP contribution in [-0.2, 0) is 14.1 Å². The van der Waals surface area contributed by atoms with Crippen LogP contribution in [0.15, 0.2) is 49.1 Å². The minimum absolute atomic E-state index is 0.843. The summed E-state index contributed by atoms with van der Waals surface area (Å²) in [5, 5.41) is 0. The first-order valence-corrected chi connectivity index (χ1v) is 7.13. The van der Waals surface area contributed by atoms with Crippen LogP contribution < -0.4 is 0 Å². The first-order chi connectivity index (χ1) is 10.7. The van der Waals surface area contributed by atoms with E-state index in [2.05, 4.69) is 31.2 Å². The zero-order chi connectivity index (χ0) is 15.4. The highest BCUT2D eigenvalue weighted by molar-refractivity contribution is 5.69. The maximum Gasteiger partial charge on any atom is 0.0820 e. The number of rotatable bonds is 4. The van der Waals surface area contributed by atoms with Gasteiger partial charge in [-0.2, -0.15) is 0 Å². The van der Waals surface area contributed by atoms with E-state index in [9.17, 15) is 0 Å². The molecule has 0 N–H and O–H groups in total. The predicted octanol–water partition coefficient (Wildman–Crippen LogP) is 3.49. The molecule has 0 radical (unpaired) electrons. The lowest BCUT2D eigenvalue weighted by atomic mass is 10.3. The SMILES string of the molecule is Cn1cccc1C=Cc1cncc(C=Cc2cccn2C)n1. The second-order valence-corrected chi connectivity index (χ2v) is 5.12. The minimum atomic E-state index is 0.843. The Balaban J connectivity index is 1.78. The van der Waals surface area contributed by atoms with E-state index in [1.54, 1.807) is 12.4 Å². The molecule has 0 saturated heterocycles. The zero-order valence-corrected chi connectivity index (χ0v) is 12.7. The molecule has 110 valence electrons. The summed E-state index contributed by atoms with van der Waals surface area (Å²) in [6.07, 6.45) is 15.6. The van der Waals surface area contributed by atoms with Crippen molar-refractivity contribution < 1.29 is 0 Å². The van der Waals surface area contributed by atoms with Gasteiger partial charge < -0.3 is 9.13 Å². The van der Waals surface area contributed by atoms with Gasteiger partial charge in [0.15, 0.2) is 0 Å². The molecule has 0 amide bonds. The van der Waals surface area contributed by atoms with E-state index in [-0.39, 0.29) is 0 Å². The molecule has 0 atom stereocenters. The van der Waals surface area contributed by atoms with Crippen molar-refractivity contribution in [3.63, 3.8) is 0 Å². The molecular weight excluding hydrogens is 272 g/mol. The van der Waals surface area contributed by atoms with Gasteiger partial charge in [-0.1, -0.05) is 0 Å². The minimum Gasteiger partial charge on any atom is -0.351 e. The van der Waals surface area contributed by atoms with Crippen LogP contribution in [0.5, 0.6) is 0 Å². The lowest BCUT2D eigenvalue weighted by Crippen LogP contribution is -1.90. The Labute approximate surface area is 130 Å². The predicted molar refractivity (Wildman–Crippen MR) is 90.7 cm³/mol. The van der Waals surface area contributed by atoms with Gasteiger partial charge in [0, 0.05) is 37.9 Å². The molecule has 3 aromatic heterocycles. The molecule has 0 aliphatic carbocycles. The van der Waals surface area contributed by atoms with Gasteiger partial charge >= 0.3 is 0 Å². The lowest BCUT2D eigenvalue weighted by Gasteiger charge is -1.98. The summed E-state index contributed by atoms with van der Waals surface area (Å²) in [6.45, 7) is 0. The Kier molecular flexibility index (Phi) is 4.01. The van der Waals surface area contributed by atoms with Crippen molar-refractivity contribution in [2.24, 2.45) is 14.1 Å². The summed E-state index contributed by atoms with van der Waals surface area (Å²) in [5.41, 5.74) is 3.95. The molecule has 4 nitrogen and oxygen atoms in total. The molecule has 0 spiro atoms. The highest BCUT2D eigenvalue weighted by Gasteiger charge is 1.96. The summed E-state index contributed by atoms with van der Waals surface area (Å²) in [4.78, 5) is 8.83. The van der Waals surface area contributed by atoms with Crippen LogP contribution in [0.4, 0.5) is 0 Å². The van der Waals surface area contributed by atoms with Crippen LogP contribution in [-0.4, -0.2) is 19.1 Å². The third-order valence-electron chi connectivity index (χ3n) is 3.49. The molecule has 3 aromatic rings. The number of hydrogen-bond acceptors (Lipinski definition) is 2. The third-order valence-corrected chi connectivity index (χ3v) is 3.49. The molecule has 4 heteroatoms. The average molecular weight is 290 g/mol. The van der Waals surface area contributed by atoms with E-state index >= 15 is 0 Å². The van der Waals surface area contributed by atoms with E-state index in [1.165, 1.54) is 0 Å². The maximum absolute atomic E-state index is 4.58. The highest BCUT2D eigenvalue weighted by Crippen LogP contribution is 2.09. The normalized spacial score (nSPS) is 11.7. The Morgan fingerprint density at radius 2 is 1.27 bits per heavy atom. The van der Waals surface area contributed by atoms with Gasteiger partial charge in [-0.3, -0.25) is 4.98 Å². The fraction of sp³-hybridized carbons (Fsp3) is 0.111. The first kappa shape index (κ1) is 14.1. The molecule has 0 fully saturated rings. The van der Waals surface area contributed by atoms with Gasteiger partial charge in [0.05, 0.1) is 23.8 Å². The van der Waals surface area contributed by atoms with Crippen molar-refractivity contribution in [1.82, 2.24) is 19.1 Å². The summed E-state index contributed by atoms with van der Waals surface area (Å²) < 4.78 is 4.12. The van der Waals surface area contributed by atoms with Gasteiger partial charge in [-0.25, -0.2) is 4.98 Å². The summed E-state index contributed by atoms with van der Waals surface area (Å²) in [7, 11) is 4.04. The Morgan fingerprint density at radius 3 is 1.68 bits per heavy atom. The fourth-order valence-corrected chi connectivity index (χ4v) is 2.19. The Hall–Kier alpha value is -2.88. The van der Waals surface area contributed by atoms with Crippen molar-refractivity contribution in [3.8, 4) is 0 Å². The van der Waals surface area contributed by atoms with Crippen LogP contribution in [0.1, 0.15) is 22.8 Å². The number of nitrogens with zero attached hydrogens (tertiary/aromatic N) is 4. The summed E-state index contributed by atoms with van der Waals surface area (Å²) in [5.74, 6) is 0. The standard InChI is InChI=1S/C18H18N4/c1-21-11-3-5-17(21)9-7-15-13-19-14-16(20-15)8-10-18-6-4-12-22(18)2/h3-14H,1-2H3. The maximum atomic E-state index is 4.58. The molecule has 0 bridgehead atoms. The van der Waals surface area contributed by atoms with Gasteiger partial charge in [-0.05, 0) is 48.6 Å². The van der Waals surface area contributed by atoms with Gasteiger partial charge in [0.1, 0.15) is 0 Å². The van der Waals surface area contributed by atoms with Crippen LogP contribution >= 0.6 is 0 Å². The van der Waals surface area contributed by atoms with Crippen LogP contribution in [0, 0.1) is 0 Å². The first-order valence-electron chi connectivity index (χ1n) is 7.13. The summed E-state index contributed by atoms with van der Waals surface area (Å²) in [6, 6.07) is 8.15. The van der Waals surface area contributed by atoms with E-state index in [4.69, 9.17) is 0 Å². The van der Waals surface area contributed by atoms with E-state index in [0.29, 0.717) is 0 Å². The Bertz CT molecular complexity index is 755. The average Bonchev–Trinajstić information content (AvgIpc) is 3.12. The van der Waals surface area contributed by atoms with E-state index < -0.39 is 0 Å². The topological polar surface area (TPSA) is 35.6 Å². The quantitative estimate of drug-likeness (QED) is 0.737. The number of hydrogen-bond donors (Lipinski definition) is 0. The van der Waals surface area contributed by atoms with Crippen molar-refractivity contribution >= 4 is 24.3 Å². The smallest absolute Gasteiger partial charge is 0.0820 e. The molecule has 3 rings (SSSR count). The number of aromatic nitrogens is 4. The van der Waals surface area contributed by atoms with Crippen molar-refractivity contribution in [3.05, 3.63) is 71.8 Å². The highest BCUT2D eigenvalue weighted by atomic mass is 14.9.